The van der Waals surface area contributed by atoms with Gasteiger partial charge in [-0.1, -0.05) is 61.0 Å². The molecule has 0 amide bonds. The zero-order valence-electron chi connectivity index (χ0n) is 27.2. The fraction of sp³-hybridized carbons (Fsp3) is 0.824. The quantitative estimate of drug-likeness (QED) is 0.249. The lowest BCUT2D eigenvalue weighted by atomic mass is 9.51. The first-order chi connectivity index (χ1) is 17.9. The van der Waals surface area contributed by atoms with Crippen LogP contribution in [0.15, 0.2) is 18.2 Å². The Kier molecular flexibility index (Phi) is 8.75. The van der Waals surface area contributed by atoms with Gasteiger partial charge < -0.3 is 14.0 Å². The number of unbranched alkanes of at least 4 members (excludes halogenated alkanes) is 1. The minimum Gasteiger partial charge on any atom is -0.543 e. The van der Waals surface area contributed by atoms with Gasteiger partial charge in [-0.3, -0.25) is 0 Å². The van der Waals surface area contributed by atoms with E-state index in [0.717, 1.165) is 30.4 Å². The van der Waals surface area contributed by atoms with Crippen molar-refractivity contribution in [1.82, 2.24) is 0 Å². The Morgan fingerprint density at radius 1 is 0.923 bits per heavy atom. The first-order valence-corrected chi connectivity index (χ1v) is 21.8. The number of aliphatic hydroxyl groups is 1. The Bertz CT molecular complexity index is 1000. The average Bonchev–Trinajstić information content (AvgIpc) is 3.12. The summed E-state index contributed by atoms with van der Waals surface area (Å²) in [6.45, 7) is 26.6. The highest BCUT2D eigenvalue weighted by Crippen LogP contribution is 2.65. The van der Waals surface area contributed by atoms with Crippen molar-refractivity contribution in [1.29, 1.82) is 0 Å². The maximum Gasteiger partial charge on any atom is 0.250 e. The highest BCUT2D eigenvalue weighted by Gasteiger charge is 2.59. The molecule has 3 aliphatic rings. The third-order valence-corrected chi connectivity index (χ3v) is 21.0. The lowest BCUT2D eigenvalue weighted by molar-refractivity contribution is -0.0451. The van der Waals surface area contributed by atoms with Crippen molar-refractivity contribution in [3.05, 3.63) is 29.3 Å². The van der Waals surface area contributed by atoms with Crippen LogP contribution < -0.4 is 4.43 Å². The zero-order chi connectivity index (χ0) is 29.0. The number of fused-ring (bicyclic) bond motifs is 5. The molecule has 0 radical (unpaired) electrons. The molecule has 39 heavy (non-hydrogen) atoms. The van der Waals surface area contributed by atoms with E-state index < -0.39 is 16.6 Å². The van der Waals surface area contributed by atoms with Gasteiger partial charge in [0.2, 0.25) is 8.32 Å². The molecule has 6 atom stereocenters. The molecule has 1 aromatic rings. The fourth-order valence-corrected chi connectivity index (χ4v) is 10.3. The topological polar surface area (TPSA) is 38.7 Å². The SMILES string of the molecule is CC(C)(C)[Si](C)(C)Oc1ccc2c(c1)CC[C@@H]1[C@@H]2[C@@H](CCCCO)C[C@]2(C)[C@@H](O[Si](C)(C)C(C)(C)C)CC[C@@H]12. The Balaban J connectivity index is 1.64. The van der Waals surface area contributed by atoms with E-state index in [1.165, 1.54) is 44.1 Å². The van der Waals surface area contributed by atoms with E-state index in [1.807, 2.05) is 0 Å². The molecule has 0 spiro atoms. The average molecular weight is 573 g/mol. The molecule has 222 valence electrons. The Morgan fingerprint density at radius 2 is 1.59 bits per heavy atom. The smallest absolute Gasteiger partial charge is 0.250 e. The largest absolute Gasteiger partial charge is 0.543 e. The van der Waals surface area contributed by atoms with Gasteiger partial charge in [0.25, 0.3) is 0 Å². The van der Waals surface area contributed by atoms with Gasteiger partial charge in [-0.2, -0.15) is 0 Å². The zero-order valence-corrected chi connectivity index (χ0v) is 29.2. The summed E-state index contributed by atoms with van der Waals surface area (Å²) < 4.78 is 14.0. The van der Waals surface area contributed by atoms with Crippen LogP contribution in [0.4, 0.5) is 0 Å². The lowest BCUT2D eigenvalue weighted by Gasteiger charge is -2.55. The molecule has 3 nitrogen and oxygen atoms in total. The summed E-state index contributed by atoms with van der Waals surface area (Å²) >= 11 is 0. The number of benzene rings is 1. The third kappa shape index (κ3) is 5.99. The van der Waals surface area contributed by atoms with E-state index >= 15 is 0 Å². The highest BCUT2D eigenvalue weighted by atomic mass is 28.4. The number of hydrogen-bond acceptors (Lipinski definition) is 3. The summed E-state index contributed by atoms with van der Waals surface area (Å²) in [4.78, 5) is 0. The van der Waals surface area contributed by atoms with Crippen molar-refractivity contribution >= 4 is 16.6 Å². The molecular formula is C34H60O3Si2. The van der Waals surface area contributed by atoms with Gasteiger partial charge in [0.15, 0.2) is 8.32 Å². The second-order valence-corrected chi connectivity index (χ2v) is 26.2. The summed E-state index contributed by atoms with van der Waals surface area (Å²) in [6, 6.07) is 7.15. The molecule has 0 aromatic heterocycles. The standard InChI is InChI=1S/C34H60O3Si2/c1-32(2,3)38(8,9)36-26-16-18-27-24(22-26)15-17-28-29-19-20-30(37-39(10,11)33(4,5)6)34(29,7)23-25(31(27)28)14-12-13-21-35/h16,18,22,25,28-31,35H,12-15,17,19-21,23H2,1-11H3/t25-,28-,29-,30-,31+,34-/m0/s1. The van der Waals surface area contributed by atoms with Gasteiger partial charge in [0.1, 0.15) is 5.75 Å². The van der Waals surface area contributed by atoms with Crippen LogP contribution in [0.1, 0.15) is 110 Å². The predicted molar refractivity (Wildman–Crippen MR) is 171 cm³/mol. The first-order valence-electron chi connectivity index (χ1n) is 16.0. The van der Waals surface area contributed by atoms with E-state index in [4.69, 9.17) is 8.85 Å². The van der Waals surface area contributed by atoms with Crippen molar-refractivity contribution in [3.8, 4) is 5.75 Å². The van der Waals surface area contributed by atoms with Gasteiger partial charge in [-0.25, -0.2) is 0 Å². The molecule has 0 unspecified atom stereocenters. The molecule has 0 bridgehead atoms. The maximum atomic E-state index is 9.59. The minimum absolute atomic E-state index is 0.200. The van der Waals surface area contributed by atoms with Crippen molar-refractivity contribution in [3.63, 3.8) is 0 Å². The van der Waals surface area contributed by atoms with E-state index in [1.54, 1.807) is 5.56 Å². The van der Waals surface area contributed by atoms with Crippen molar-refractivity contribution in [2.45, 2.75) is 148 Å². The predicted octanol–water partition coefficient (Wildman–Crippen LogP) is 9.71. The van der Waals surface area contributed by atoms with Gasteiger partial charge in [0.05, 0.1) is 6.10 Å². The van der Waals surface area contributed by atoms with Crippen LogP contribution in [0.25, 0.3) is 0 Å². The maximum absolute atomic E-state index is 9.59. The molecule has 3 aliphatic carbocycles. The number of hydrogen-bond donors (Lipinski definition) is 1. The number of aliphatic hydroxyl groups excluding tert-OH is 1. The fourth-order valence-electron chi connectivity index (χ4n) is 7.86. The Hall–Kier alpha value is -0.626. The molecule has 0 saturated heterocycles. The Morgan fingerprint density at radius 3 is 2.21 bits per heavy atom. The summed E-state index contributed by atoms with van der Waals surface area (Å²) in [6.07, 6.45) is 9.95. The van der Waals surface area contributed by atoms with Crippen LogP contribution >= 0.6 is 0 Å². The van der Waals surface area contributed by atoms with Crippen LogP contribution in [0.3, 0.4) is 0 Å². The van der Waals surface area contributed by atoms with Crippen LogP contribution in [-0.4, -0.2) is 34.5 Å². The van der Waals surface area contributed by atoms with Crippen LogP contribution in [0.5, 0.6) is 5.75 Å². The second kappa shape index (κ2) is 10.9. The van der Waals surface area contributed by atoms with Crippen molar-refractivity contribution < 1.29 is 14.0 Å². The molecular weight excluding hydrogens is 513 g/mol. The summed E-state index contributed by atoms with van der Waals surface area (Å²) in [7, 11) is -3.69. The minimum atomic E-state index is -1.86. The lowest BCUT2D eigenvalue weighted by Crippen LogP contribution is -2.52. The van der Waals surface area contributed by atoms with Gasteiger partial charge >= 0.3 is 0 Å². The van der Waals surface area contributed by atoms with Crippen LogP contribution in [0, 0.1) is 23.2 Å². The van der Waals surface area contributed by atoms with E-state index in [0.29, 0.717) is 24.5 Å². The number of aryl methyl sites for hydroxylation is 1. The van der Waals surface area contributed by atoms with Crippen LogP contribution in [0.2, 0.25) is 36.3 Å². The van der Waals surface area contributed by atoms with Gasteiger partial charge in [0, 0.05) is 6.61 Å². The Labute approximate surface area is 243 Å². The molecule has 5 heteroatoms. The third-order valence-electron chi connectivity index (χ3n) is 12.1. The summed E-state index contributed by atoms with van der Waals surface area (Å²) in [5, 5.41) is 10.0. The van der Waals surface area contributed by atoms with E-state index in [2.05, 4.69) is 92.9 Å². The first kappa shape index (κ1) is 31.3. The molecule has 0 heterocycles. The van der Waals surface area contributed by atoms with E-state index in [9.17, 15) is 5.11 Å². The summed E-state index contributed by atoms with van der Waals surface area (Å²) in [5.41, 5.74) is 3.41. The highest BCUT2D eigenvalue weighted by molar-refractivity contribution is 6.75. The number of rotatable bonds is 8. The van der Waals surface area contributed by atoms with E-state index in [-0.39, 0.29) is 15.5 Å². The molecule has 2 fully saturated rings. The van der Waals surface area contributed by atoms with Crippen molar-refractivity contribution in [2.24, 2.45) is 23.2 Å². The molecule has 2 saturated carbocycles. The second-order valence-electron chi connectivity index (χ2n) is 16.7. The monoisotopic (exact) mass is 572 g/mol. The van der Waals surface area contributed by atoms with Crippen LogP contribution in [-0.2, 0) is 10.8 Å². The molecule has 1 aromatic carbocycles. The molecule has 4 rings (SSSR count). The van der Waals surface area contributed by atoms with Gasteiger partial charge in [-0.15, -0.1) is 0 Å². The van der Waals surface area contributed by atoms with Crippen molar-refractivity contribution in [2.75, 3.05) is 6.61 Å². The summed E-state index contributed by atoms with van der Waals surface area (Å²) in [5.74, 6) is 3.88. The normalized spacial score (nSPS) is 31.4. The van der Waals surface area contributed by atoms with Gasteiger partial charge in [-0.05, 0) is 134 Å². The molecule has 1 N–H and O–H groups in total. The molecule has 0 aliphatic heterocycles.